The maximum atomic E-state index is 12.6. The van der Waals surface area contributed by atoms with Gasteiger partial charge in [-0.05, 0) is 35.2 Å². The number of nitrogens with zero attached hydrogens (tertiary/aromatic N) is 1. The topological polar surface area (TPSA) is 54.0 Å². The number of benzene rings is 1. The van der Waals surface area contributed by atoms with Crippen LogP contribution in [0.5, 0.6) is 0 Å². The third-order valence-electron chi connectivity index (χ3n) is 4.39. The van der Waals surface area contributed by atoms with Crippen molar-refractivity contribution in [3.8, 4) is 0 Å². The van der Waals surface area contributed by atoms with Crippen molar-refractivity contribution in [2.45, 2.75) is 32.5 Å². The molecule has 2 N–H and O–H groups in total. The van der Waals surface area contributed by atoms with Crippen molar-refractivity contribution in [3.63, 3.8) is 0 Å². The number of fused-ring (bicyclic) bond motifs is 1. The number of allylic oxidation sites excluding steroid dienone is 1. The van der Waals surface area contributed by atoms with Gasteiger partial charge in [-0.2, -0.15) is 13.2 Å². The highest BCUT2D eigenvalue weighted by molar-refractivity contribution is 6.05. The largest absolute Gasteiger partial charge is 0.409 e. The standard InChI is InChI=1S/C20H20F3N3O/c1-2-14-9-13(5-7-20(21,22)23)3-4-17(14)19(27)26-16-10-15-11-24-8-6-18(15)25-12-16/h3-5,7,9-10,12,24H,2,6,8,11H2,1H3,(H,26,27). The number of aryl methyl sites for hydroxylation is 1. The minimum absolute atomic E-state index is 0.189. The number of hydrogen-bond acceptors (Lipinski definition) is 3. The first kappa shape index (κ1) is 19.1. The van der Waals surface area contributed by atoms with Crippen molar-refractivity contribution in [1.29, 1.82) is 0 Å². The molecule has 2 aromatic rings. The van der Waals surface area contributed by atoms with Crippen LogP contribution in [0.3, 0.4) is 0 Å². The Labute approximate surface area is 155 Å². The number of hydrogen-bond donors (Lipinski definition) is 2. The number of carbonyl (C=O) groups is 1. The van der Waals surface area contributed by atoms with Crippen molar-refractivity contribution >= 4 is 17.7 Å². The minimum atomic E-state index is -4.36. The third-order valence-corrected chi connectivity index (χ3v) is 4.39. The molecule has 1 aromatic carbocycles. The molecule has 0 bridgehead atoms. The number of pyridine rings is 1. The lowest BCUT2D eigenvalue weighted by atomic mass is 10.0. The van der Waals surface area contributed by atoms with Crippen LogP contribution in [0.2, 0.25) is 0 Å². The first-order chi connectivity index (χ1) is 12.9. The molecule has 2 heterocycles. The van der Waals surface area contributed by atoms with Gasteiger partial charge >= 0.3 is 6.18 Å². The van der Waals surface area contributed by atoms with Crippen LogP contribution in [0.1, 0.15) is 39.7 Å². The number of alkyl halides is 3. The van der Waals surface area contributed by atoms with Crippen molar-refractivity contribution < 1.29 is 18.0 Å². The van der Waals surface area contributed by atoms with Gasteiger partial charge in [-0.15, -0.1) is 0 Å². The van der Waals surface area contributed by atoms with E-state index in [1.807, 2.05) is 13.0 Å². The molecule has 0 atom stereocenters. The molecule has 4 nitrogen and oxygen atoms in total. The lowest BCUT2D eigenvalue weighted by molar-refractivity contribution is -0.0790. The summed E-state index contributed by atoms with van der Waals surface area (Å²) < 4.78 is 37.0. The smallest absolute Gasteiger partial charge is 0.321 e. The van der Waals surface area contributed by atoms with Crippen LogP contribution in [0, 0.1) is 0 Å². The maximum absolute atomic E-state index is 12.6. The fourth-order valence-corrected chi connectivity index (χ4v) is 3.04. The fraction of sp³-hybridized carbons (Fsp3) is 0.300. The van der Waals surface area contributed by atoms with Crippen LogP contribution < -0.4 is 10.6 Å². The molecular formula is C20H20F3N3O. The van der Waals surface area contributed by atoms with Gasteiger partial charge in [0.15, 0.2) is 0 Å². The van der Waals surface area contributed by atoms with Crippen LogP contribution >= 0.6 is 0 Å². The molecule has 0 fully saturated rings. The average molecular weight is 375 g/mol. The number of rotatable bonds is 4. The van der Waals surface area contributed by atoms with Crippen LogP contribution in [0.4, 0.5) is 18.9 Å². The molecule has 0 saturated heterocycles. The molecule has 0 saturated carbocycles. The lowest BCUT2D eigenvalue weighted by Gasteiger charge is -2.17. The van der Waals surface area contributed by atoms with Gasteiger partial charge in [-0.1, -0.05) is 25.1 Å². The number of nitrogens with one attached hydrogen (secondary N) is 2. The number of carbonyl (C=O) groups excluding carboxylic acids is 1. The quantitative estimate of drug-likeness (QED) is 0.845. The van der Waals surface area contributed by atoms with Gasteiger partial charge < -0.3 is 10.6 Å². The molecule has 1 amide bonds. The fourth-order valence-electron chi connectivity index (χ4n) is 3.04. The summed E-state index contributed by atoms with van der Waals surface area (Å²) in [7, 11) is 0. The van der Waals surface area contributed by atoms with Crippen molar-refractivity contribution in [2.24, 2.45) is 0 Å². The van der Waals surface area contributed by atoms with E-state index in [0.29, 0.717) is 35.3 Å². The zero-order valence-electron chi connectivity index (χ0n) is 14.9. The number of amides is 1. The summed E-state index contributed by atoms with van der Waals surface area (Å²) in [5.41, 5.74) is 4.22. The molecule has 1 aliphatic rings. The van der Waals surface area contributed by atoms with Crippen molar-refractivity contribution in [3.05, 3.63) is 64.5 Å². The number of halogens is 3. The third kappa shape index (κ3) is 4.95. The Bertz CT molecular complexity index is 875. The van der Waals surface area contributed by atoms with E-state index in [1.54, 1.807) is 18.3 Å². The molecule has 7 heteroatoms. The van der Waals surface area contributed by atoms with Crippen LogP contribution in [-0.2, 0) is 19.4 Å². The molecule has 0 radical (unpaired) electrons. The van der Waals surface area contributed by atoms with Gasteiger partial charge in [0.1, 0.15) is 0 Å². The highest BCUT2D eigenvalue weighted by atomic mass is 19.4. The summed E-state index contributed by atoms with van der Waals surface area (Å²) in [6.07, 6.45) is -0.153. The van der Waals surface area contributed by atoms with Crippen LogP contribution in [0.15, 0.2) is 36.5 Å². The van der Waals surface area contributed by atoms with Crippen molar-refractivity contribution in [1.82, 2.24) is 10.3 Å². The Balaban J connectivity index is 1.79. The summed E-state index contributed by atoms with van der Waals surface area (Å²) in [5, 5.41) is 6.09. The second kappa shape index (κ2) is 7.92. The number of anilines is 1. The van der Waals surface area contributed by atoms with E-state index >= 15 is 0 Å². The van der Waals surface area contributed by atoms with E-state index in [0.717, 1.165) is 30.3 Å². The summed E-state index contributed by atoms with van der Waals surface area (Å²) in [6, 6.07) is 6.56. The van der Waals surface area contributed by atoms with E-state index in [4.69, 9.17) is 0 Å². The lowest BCUT2D eigenvalue weighted by Crippen LogP contribution is -2.25. The summed E-state index contributed by atoms with van der Waals surface area (Å²) in [4.78, 5) is 17.0. The maximum Gasteiger partial charge on any atom is 0.409 e. The van der Waals surface area contributed by atoms with Gasteiger partial charge in [0.25, 0.3) is 5.91 Å². The highest BCUT2D eigenvalue weighted by Gasteiger charge is 2.22. The predicted octanol–water partition coefficient (Wildman–Crippen LogP) is 4.12. The van der Waals surface area contributed by atoms with Gasteiger partial charge in [-0.25, -0.2) is 0 Å². The highest BCUT2D eigenvalue weighted by Crippen LogP contribution is 2.21. The molecule has 0 spiro atoms. The molecule has 1 aliphatic heterocycles. The van der Waals surface area contributed by atoms with Gasteiger partial charge in [0, 0.05) is 36.8 Å². The molecule has 3 rings (SSSR count). The normalized spacial score (nSPS) is 14.2. The summed E-state index contributed by atoms with van der Waals surface area (Å²) in [5.74, 6) is -0.302. The average Bonchev–Trinajstić information content (AvgIpc) is 2.65. The van der Waals surface area contributed by atoms with E-state index in [-0.39, 0.29) is 12.0 Å². The Kier molecular flexibility index (Phi) is 5.60. The summed E-state index contributed by atoms with van der Waals surface area (Å²) in [6.45, 7) is 3.46. The Morgan fingerprint density at radius 1 is 1.33 bits per heavy atom. The second-order valence-electron chi connectivity index (χ2n) is 6.36. The minimum Gasteiger partial charge on any atom is -0.321 e. The molecule has 27 heavy (non-hydrogen) atoms. The van der Waals surface area contributed by atoms with E-state index in [2.05, 4.69) is 15.6 Å². The van der Waals surface area contributed by atoms with Crippen LogP contribution in [0.25, 0.3) is 6.08 Å². The van der Waals surface area contributed by atoms with E-state index in [9.17, 15) is 18.0 Å². The molecule has 0 unspecified atom stereocenters. The molecular weight excluding hydrogens is 355 g/mol. The second-order valence-corrected chi connectivity index (χ2v) is 6.36. The molecule has 0 aliphatic carbocycles. The molecule has 1 aromatic heterocycles. The van der Waals surface area contributed by atoms with E-state index < -0.39 is 6.18 Å². The van der Waals surface area contributed by atoms with Crippen LogP contribution in [-0.4, -0.2) is 23.6 Å². The van der Waals surface area contributed by atoms with Crippen molar-refractivity contribution in [2.75, 3.05) is 11.9 Å². The predicted molar refractivity (Wildman–Crippen MR) is 98.5 cm³/mol. The van der Waals surface area contributed by atoms with Gasteiger partial charge in [-0.3, -0.25) is 9.78 Å². The first-order valence-corrected chi connectivity index (χ1v) is 8.74. The van der Waals surface area contributed by atoms with E-state index in [1.165, 1.54) is 6.07 Å². The zero-order chi connectivity index (χ0) is 19.4. The Morgan fingerprint density at radius 2 is 2.15 bits per heavy atom. The first-order valence-electron chi connectivity index (χ1n) is 8.74. The Hall–Kier alpha value is -2.67. The zero-order valence-corrected chi connectivity index (χ0v) is 14.9. The monoisotopic (exact) mass is 375 g/mol. The Morgan fingerprint density at radius 3 is 2.89 bits per heavy atom. The SMILES string of the molecule is CCc1cc(C=CC(F)(F)F)ccc1C(=O)Nc1cnc2c(c1)CNCC2. The molecule has 142 valence electrons. The van der Waals surface area contributed by atoms with Gasteiger partial charge in [0.2, 0.25) is 0 Å². The number of aromatic nitrogens is 1. The van der Waals surface area contributed by atoms with Gasteiger partial charge in [0.05, 0.1) is 11.9 Å². The summed E-state index contributed by atoms with van der Waals surface area (Å²) >= 11 is 0.